The van der Waals surface area contributed by atoms with Crippen molar-refractivity contribution in [1.82, 2.24) is 24.8 Å². The molecule has 0 radical (unpaired) electrons. The maximum atomic E-state index is 13.1. The van der Waals surface area contributed by atoms with Gasteiger partial charge in [0.1, 0.15) is 6.10 Å². The minimum atomic E-state index is -0.345. The van der Waals surface area contributed by atoms with Gasteiger partial charge >= 0.3 is 0 Å². The summed E-state index contributed by atoms with van der Waals surface area (Å²) in [6, 6.07) is 5.78. The molecule has 0 unspecified atom stereocenters. The number of oxazole rings is 1. The Morgan fingerprint density at radius 1 is 1.06 bits per heavy atom. The predicted octanol–water partition coefficient (Wildman–Crippen LogP) is 3.61. The summed E-state index contributed by atoms with van der Waals surface area (Å²) in [5, 5.41) is 3.26. The van der Waals surface area contributed by atoms with Crippen LogP contribution >= 0.6 is 0 Å². The average Bonchev–Trinajstić information content (AvgIpc) is 3.13. The molecule has 1 atom stereocenters. The van der Waals surface area contributed by atoms with Gasteiger partial charge in [0.2, 0.25) is 11.7 Å². The topological polar surface area (TPSA) is 106 Å². The molecule has 3 aromatic rings. The van der Waals surface area contributed by atoms with E-state index in [0.717, 1.165) is 28.5 Å². The lowest BCUT2D eigenvalue weighted by molar-refractivity contribution is -0.0257. The minimum absolute atomic E-state index is 0.169. The molecule has 3 aromatic heterocycles. The highest BCUT2D eigenvalue weighted by Gasteiger charge is 2.30. The van der Waals surface area contributed by atoms with Crippen LogP contribution in [0.15, 0.2) is 22.6 Å². The highest BCUT2D eigenvalue weighted by atomic mass is 16.5. The second kappa shape index (κ2) is 9.04. The zero-order valence-electron chi connectivity index (χ0n) is 19.1. The summed E-state index contributed by atoms with van der Waals surface area (Å²) >= 11 is 0. The Labute approximate surface area is 187 Å². The summed E-state index contributed by atoms with van der Waals surface area (Å²) in [4.78, 5) is 32.7. The highest BCUT2D eigenvalue weighted by molar-refractivity contribution is 5.92. The number of aromatic nitrogens is 4. The van der Waals surface area contributed by atoms with E-state index in [0.29, 0.717) is 49.4 Å². The number of hydrogen-bond acceptors (Lipinski definition) is 8. The van der Waals surface area contributed by atoms with E-state index in [-0.39, 0.29) is 12.0 Å². The number of nitrogens with zero attached hydrogens (tertiary/aromatic N) is 5. The van der Waals surface area contributed by atoms with Crippen LogP contribution in [0.1, 0.15) is 57.9 Å². The van der Waals surface area contributed by atoms with E-state index >= 15 is 0 Å². The lowest BCUT2D eigenvalue weighted by Crippen LogP contribution is -2.42. The van der Waals surface area contributed by atoms with Crippen LogP contribution in [0, 0.1) is 27.7 Å². The van der Waals surface area contributed by atoms with Gasteiger partial charge in [-0.25, -0.2) is 15.0 Å². The van der Waals surface area contributed by atoms with Gasteiger partial charge in [0.15, 0.2) is 5.89 Å². The van der Waals surface area contributed by atoms with Crippen LogP contribution in [-0.4, -0.2) is 50.4 Å². The molecule has 1 aliphatic rings. The van der Waals surface area contributed by atoms with Crippen molar-refractivity contribution in [2.75, 3.05) is 25.0 Å². The number of anilines is 2. The van der Waals surface area contributed by atoms with E-state index in [1.807, 2.05) is 45.9 Å². The van der Waals surface area contributed by atoms with E-state index in [1.165, 1.54) is 0 Å². The number of aryl methyl sites for hydroxylation is 5. The van der Waals surface area contributed by atoms with Crippen LogP contribution in [0.3, 0.4) is 0 Å². The molecular formula is C23H28N6O3. The summed E-state index contributed by atoms with van der Waals surface area (Å²) in [7, 11) is 0. The Balaban J connectivity index is 1.54. The fraction of sp³-hybridized carbons (Fsp3) is 0.435. The van der Waals surface area contributed by atoms with Crippen molar-refractivity contribution in [3.8, 4) is 0 Å². The fourth-order valence-corrected chi connectivity index (χ4v) is 3.80. The first-order chi connectivity index (χ1) is 15.3. The van der Waals surface area contributed by atoms with E-state index in [9.17, 15) is 4.79 Å². The van der Waals surface area contributed by atoms with Crippen LogP contribution in [-0.2, 0) is 11.2 Å². The van der Waals surface area contributed by atoms with Crippen molar-refractivity contribution in [3.63, 3.8) is 0 Å². The molecule has 4 heterocycles. The number of hydrogen-bond donors (Lipinski definition) is 1. The molecule has 1 amide bonds. The molecule has 32 heavy (non-hydrogen) atoms. The number of rotatable bonds is 5. The molecule has 9 heteroatoms. The van der Waals surface area contributed by atoms with Gasteiger partial charge in [-0.3, -0.25) is 9.78 Å². The Kier molecular flexibility index (Phi) is 6.18. The second-order valence-electron chi connectivity index (χ2n) is 8.01. The average molecular weight is 437 g/mol. The molecule has 0 spiro atoms. The molecular weight excluding hydrogens is 408 g/mol. The number of ether oxygens (including phenoxy) is 1. The summed E-state index contributed by atoms with van der Waals surface area (Å²) in [6.45, 7) is 10.8. The van der Waals surface area contributed by atoms with Gasteiger partial charge in [-0.1, -0.05) is 6.92 Å². The van der Waals surface area contributed by atoms with Crippen molar-refractivity contribution in [3.05, 3.63) is 58.3 Å². The third-order valence-corrected chi connectivity index (χ3v) is 5.23. The quantitative estimate of drug-likeness (QED) is 0.646. The van der Waals surface area contributed by atoms with Crippen LogP contribution in [0.5, 0.6) is 0 Å². The highest BCUT2D eigenvalue weighted by Crippen LogP contribution is 2.26. The number of nitrogens with one attached hydrogen (secondary N) is 1. The summed E-state index contributed by atoms with van der Waals surface area (Å²) < 4.78 is 11.6. The van der Waals surface area contributed by atoms with Gasteiger partial charge in [0.25, 0.3) is 5.91 Å². The minimum Gasteiger partial charge on any atom is -0.435 e. The Morgan fingerprint density at radius 2 is 1.78 bits per heavy atom. The predicted molar refractivity (Wildman–Crippen MR) is 119 cm³/mol. The number of carbonyl (C=O) groups excluding carboxylic acids is 1. The maximum absolute atomic E-state index is 13.1. The normalized spacial score (nSPS) is 16.3. The molecule has 4 rings (SSSR count). The molecule has 0 aliphatic carbocycles. The van der Waals surface area contributed by atoms with Crippen molar-refractivity contribution in [2.45, 2.75) is 47.1 Å². The van der Waals surface area contributed by atoms with Gasteiger partial charge < -0.3 is 19.4 Å². The summed E-state index contributed by atoms with van der Waals surface area (Å²) in [5.41, 5.74) is 4.80. The first-order valence-corrected chi connectivity index (χ1v) is 10.8. The molecule has 0 aromatic carbocycles. The number of morpholine rings is 1. The third kappa shape index (κ3) is 4.77. The van der Waals surface area contributed by atoms with Gasteiger partial charge in [0, 0.05) is 35.7 Å². The zero-order valence-corrected chi connectivity index (χ0v) is 19.1. The largest absolute Gasteiger partial charge is 0.435 e. The van der Waals surface area contributed by atoms with Crippen molar-refractivity contribution in [2.24, 2.45) is 0 Å². The molecule has 1 saturated heterocycles. The third-order valence-electron chi connectivity index (χ3n) is 5.23. The Bertz CT molecular complexity index is 1120. The van der Waals surface area contributed by atoms with Crippen LogP contribution in [0.4, 0.5) is 11.6 Å². The Morgan fingerprint density at radius 3 is 2.47 bits per heavy atom. The van der Waals surface area contributed by atoms with Gasteiger partial charge in [-0.2, -0.15) is 0 Å². The van der Waals surface area contributed by atoms with Crippen molar-refractivity contribution in [1.29, 1.82) is 0 Å². The van der Waals surface area contributed by atoms with Gasteiger partial charge in [0.05, 0.1) is 24.5 Å². The second-order valence-corrected chi connectivity index (χ2v) is 8.01. The molecule has 9 nitrogen and oxygen atoms in total. The molecule has 0 bridgehead atoms. The number of carbonyl (C=O) groups is 1. The van der Waals surface area contributed by atoms with Crippen LogP contribution in [0.2, 0.25) is 0 Å². The standard InChI is InChI=1S/C23H28N6O3/c1-6-20-27-16(5)21(32-20)22(30)29-7-8-31-19(12-29)18-11-17(10-15(4)24-18)28-23-25-13(2)9-14(3)26-23/h9-11,19H,6-8,12H2,1-5H3,(H,24,25,26,28)/t19-/m0/s1. The van der Waals surface area contributed by atoms with Gasteiger partial charge in [-0.05, 0) is 45.9 Å². The number of pyridine rings is 1. The monoisotopic (exact) mass is 436 g/mol. The molecule has 0 saturated carbocycles. The SMILES string of the molecule is CCc1nc(C)c(C(=O)N2CCO[C@H](c3cc(Nc4nc(C)cc(C)n4)cc(C)n3)C2)o1. The zero-order chi connectivity index (χ0) is 22.8. The molecule has 168 valence electrons. The maximum Gasteiger partial charge on any atom is 0.291 e. The smallest absolute Gasteiger partial charge is 0.291 e. The lowest BCUT2D eigenvalue weighted by atomic mass is 10.1. The van der Waals surface area contributed by atoms with Crippen LogP contribution in [0.25, 0.3) is 0 Å². The molecule has 1 N–H and O–H groups in total. The number of amides is 1. The first kappa shape index (κ1) is 21.9. The fourth-order valence-electron chi connectivity index (χ4n) is 3.80. The molecule has 1 fully saturated rings. The van der Waals surface area contributed by atoms with E-state index in [2.05, 4.69) is 25.3 Å². The van der Waals surface area contributed by atoms with E-state index < -0.39 is 0 Å². The lowest BCUT2D eigenvalue weighted by Gasteiger charge is -2.32. The molecule has 1 aliphatic heterocycles. The van der Waals surface area contributed by atoms with E-state index in [1.54, 1.807) is 11.8 Å². The first-order valence-electron chi connectivity index (χ1n) is 10.8. The van der Waals surface area contributed by atoms with E-state index in [4.69, 9.17) is 9.15 Å². The van der Waals surface area contributed by atoms with Crippen molar-refractivity contribution < 1.29 is 13.9 Å². The summed E-state index contributed by atoms with van der Waals surface area (Å²) in [5.74, 6) is 1.24. The van der Waals surface area contributed by atoms with Crippen LogP contribution < -0.4 is 5.32 Å². The van der Waals surface area contributed by atoms with Crippen molar-refractivity contribution >= 4 is 17.5 Å². The summed E-state index contributed by atoms with van der Waals surface area (Å²) in [6.07, 6.45) is 0.301. The van der Waals surface area contributed by atoms with Gasteiger partial charge in [-0.15, -0.1) is 0 Å². The Hall–Kier alpha value is -3.33.